The zero-order valence-corrected chi connectivity index (χ0v) is 14.2. The summed E-state index contributed by atoms with van der Waals surface area (Å²) in [5.41, 5.74) is 2.94. The lowest BCUT2D eigenvalue weighted by molar-refractivity contribution is 0.251. The van der Waals surface area contributed by atoms with E-state index in [1.165, 1.54) is 0 Å². The van der Waals surface area contributed by atoms with Crippen molar-refractivity contribution >= 4 is 12.0 Å². The van der Waals surface area contributed by atoms with Crippen LogP contribution in [0.3, 0.4) is 0 Å². The van der Waals surface area contributed by atoms with Gasteiger partial charge in [0.05, 0.1) is 19.0 Å². The van der Waals surface area contributed by atoms with Gasteiger partial charge in [-0.3, -0.25) is 5.32 Å². The standard InChI is InChI=1S/C19H20N4O2/c1-23-17(15-8-10-16(25-2)11-9-15)13-20-18(23)22-19(24)21-12-14-6-4-3-5-7-14/h3-11,13H,12H2,1-2H3,(H2,20,21,22,24). The minimum absolute atomic E-state index is 0.293. The number of methoxy groups -OCH3 is 1. The maximum Gasteiger partial charge on any atom is 0.321 e. The van der Waals surface area contributed by atoms with Crippen molar-refractivity contribution in [1.29, 1.82) is 0 Å². The molecule has 0 saturated heterocycles. The largest absolute Gasteiger partial charge is 0.497 e. The summed E-state index contributed by atoms with van der Waals surface area (Å²) < 4.78 is 7.01. The summed E-state index contributed by atoms with van der Waals surface area (Å²) in [7, 11) is 3.49. The van der Waals surface area contributed by atoms with E-state index in [1.54, 1.807) is 13.3 Å². The van der Waals surface area contributed by atoms with E-state index in [1.807, 2.05) is 66.2 Å². The van der Waals surface area contributed by atoms with Crippen LogP contribution in [0.1, 0.15) is 5.56 Å². The van der Waals surface area contributed by atoms with Crippen molar-refractivity contribution in [1.82, 2.24) is 14.9 Å². The van der Waals surface area contributed by atoms with E-state index in [0.717, 1.165) is 22.6 Å². The molecule has 0 aliphatic rings. The summed E-state index contributed by atoms with van der Waals surface area (Å²) in [5.74, 6) is 1.28. The topological polar surface area (TPSA) is 68.2 Å². The monoisotopic (exact) mass is 336 g/mol. The fourth-order valence-corrected chi connectivity index (χ4v) is 2.48. The Morgan fingerprint density at radius 1 is 1.12 bits per heavy atom. The molecule has 1 aromatic heterocycles. The van der Waals surface area contributed by atoms with E-state index >= 15 is 0 Å². The fourth-order valence-electron chi connectivity index (χ4n) is 2.48. The number of carbonyl (C=O) groups is 1. The van der Waals surface area contributed by atoms with Gasteiger partial charge in [-0.05, 0) is 29.8 Å². The second-order valence-electron chi connectivity index (χ2n) is 5.55. The highest BCUT2D eigenvalue weighted by Gasteiger charge is 2.11. The summed E-state index contributed by atoms with van der Waals surface area (Å²) >= 11 is 0. The molecule has 0 bridgehead atoms. The van der Waals surface area contributed by atoms with Crippen LogP contribution in [0.4, 0.5) is 10.7 Å². The molecule has 0 radical (unpaired) electrons. The van der Waals surface area contributed by atoms with E-state index in [2.05, 4.69) is 15.6 Å². The first-order chi connectivity index (χ1) is 12.2. The van der Waals surface area contributed by atoms with Crippen molar-refractivity contribution < 1.29 is 9.53 Å². The first kappa shape index (κ1) is 16.6. The van der Waals surface area contributed by atoms with Gasteiger partial charge < -0.3 is 14.6 Å². The Kier molecular flexibility index (Phi) is 4.99. The zero-order valence-electron chi connectivity index (χ0n) is 14.2. The zero-order chi connectivity index (χ0) is 17.6. The predicted molar refractivity (Wildman–Crippen MR) is 97.5 cm³/mol. The molecule has 0 aliphatic heterocycles. The summed E-state index contributed by atoms with van der Waals surface area (Å²) in [6.07, 6.45) is 1.73. The molecule has 2 N–H and O–H groups in total. The second-order valence-corrected chi connectivity index (χ2v) is 5.55. The van der Waals surface area contributed by atoms with Crippen molar-refractivity contribution in [3.8, 4) is 17.0 Å². The van der Waals surface area contributed by atoms with Crippen molar-refractivity contribution in [2.75, 3.05) is 12.4 Å². The normalized spacial score (nSPS) is 10.3. The predicted octanol–water partition coefficient (Wildman–Crippen LogP) is 3.42. The van der Waals surface area contributed by atoms with E-state index in [9.17, 15) is 4.79 Å². The van der Waals surface area contributed by atoms with E-state index in [-0.39, 0.29) is 6.03 Å². The smallest absolute Gasteiger partial charge is 0.321 e. The van der Waals surface area contributed by atoms with Gasteiger partial charge >= 0.3 is 6.03 Å². The summed E-state index contributed by atoms with van der Waals surface area (Å²) in [5, 5.41) is 5.59. The highest BCUT2D eigenvalue weighted by Crippen LogP contribution is 2.24. The maximum absolute atomic E-state index is 12.1. The molecule has 25 heavy (non-hydrogen) atoms. The number of amides is 2. The van der Waals surface area contributed by atoms with E-state index in [4.69, 9.17) is 4.74 Å². The molecule has 3 aromatic rings. The number of anilines is 1. The SMILES string of the molecule is COc1ccc(-c2cnc(NC(=O)NCc3ccccc3)n2C)cc1. The maximum atomic E-state index is 12.1. The first-order valence-electron chi connectivity index (χ1n) is 7.92. The van der Waals surface area contributed by atoms with Crippen molar-refractivity contribution in [2.24, 2.45) is 7.05 Å². The molecule has 128 valence electrons. The molecule has 0 aliphatic carbocycles. The van der Waals surface area contributed by atoms with Crippen molar-refractivity contribution in [3.05, 3.63) is 66.4 Å². The summed E-state index contributed by atoms with van der Waals surface area (Å²) in [6, 6.07) is 17.1. The van der Waals surface area contributed by atoms with Gasteiger partial charge in [0.1, 0.15) is 5.75 Å². The van der Waals surface area contributed by atoms with E-state index in [0.29, 0.717) is 12.5 Å². The summed E-state index contributed by atoms with van der Waals surface area (Å²) in [4.78, 5) is 16.4. The Labute approximate surface area is 146 Å². The first-order valence-corrected chi connectivity index (χ1v) is 7.92. The van der Waals surface area contributed by atoms with Gasteiger partial charge in [0.25, 0.3) is 0 Å². The number of nitrogens with zero attached hydrogens (tertiary/aromatic N) is 2. The molecule has 2 aromatic carbocycles. The molecule has 0 saturated carbocycles. The Hall–Kier alpha value is -3.28. The number of benzene rings is 2. The second kappa shape index (κ2) is 7.53. The van der Waals surface area contributed by atoms with Crippen molar-refractivity contribution in [2.45, 2.75) is 6.54 Å². The molecule has 2 amide bonds. The minimum Gasteiger partial charge on any atom is -0.497 e. The number of hydrogen-bond donors (Lipinski definition) is 2. The Morgan fingerprint density at radius 2 is 1.84 bits per heavy atom. The van der Waals surface area contributed by atoms with Crippen LogP contribution in [0.5, 0.6) is 5.75 Å². The number of rotatable bonds is 5. The van der Waals surface area contributed by atoms with Crippen LogP contribution in [-0.2, 0) is 13.6 Å². The van der Waals surface area contributed by atoms with Crippen LogP contribution in [0.2, 0.25) is 0 Å². The number of nitrogens with one attached hydrogen (secondary N) is 2. The highest BCUT2D eigenvalue weighted by molar-refractivity contribution is 5.87. The van der Waals surface area contributed by atoms with Crippen molar-refractivity contribution in [3.63, 3.8) is 0 Å². The molecule has 0 unspecified atom stereocenters. The molecule has 6 nitrogen and oxygen atoms in total. The summed E-state index contributed by atoms with van der Waals surface area (Å²) in [6.45, 7) is 0.461. The molecular weight excluding hydrogens is 316 g/mol. The highest BCUT2D eigenvalue weighted by atomic mass is 16.5. The van der Waals surface area contributed by atoms with E-state index < -0.39 is 0 Å². The number of carbonyl (C=O) groups excluding carboxylic acids is 1. The van der Waals surface area contributed by atoms with Crippen LogP contribution in [0, 0.1) is 0 Å². The van der Waals surface area contributed by atoms with Crippen LogP contribution in [0.15, 0.2) is 60.8 Å². The molecular formula is C19H20N4O2. The quantitative estimate of drug-likeness (QED) is 0.750. The van der Waals surface area contributed by atoms with Crippen LogP contribution < -0.4 is 15.4 Å². The lowest BCUT2D eigenvalue weighted by Crippen LogP contribution is -2.29. The molecule has 0 atom stereocenters. The molecule has 3 rings (SSSR count). The Bertz CT molecular complexity index is 842. The van der Waals surface area contributed by atoms with Gasteiger partial charge in [-0.25, -0.2) is 9.78 Å². The number of imidazole rings is 1. The third kappa shape index (κ3) is 3.98. The average molecular weight is 336 g/mol. The molecule has 6 heteroatoms. The van der Waals surface area contributed by atoms with Gasteiger partial charge in [0.15, 0.2) is 0 Å². The Morgan fingerprint density at radius 3 is 2.52 bits per heavy atom. The lowest BCUT2D eigenvalue weighted by Gasteiger charge is -2.09. The molecule has 0 fully saturated rings. The van der Waals surface area contributed by atoms with Crippen LogP contribution in [0.25, 0.3) is 11.3 Å². The van der Waals surface area contributed by atoms with Gasteiger partial charge in [0, 0.05) is 19.2 Å². The van der Waals surface area contributed by atoms with Crippen LogP contribution >= 0.6 is 0 Å². The molecule has 1 heterocycles. The third-order valence-electron chi connectivity index (χ3n) is 3.90. The van der Waals surface area contributed by atoms with Crippen LogP contribution in [-0.4, -0.2) is 22.7 Å². The Balaban J connectivity index is 1.65. The van der Waals surface area contributed by atoms with Gasteiger partial charge in [-0.15, -0.1) is 0 Å². The van der Waals surface area contributed by atoms with Gasteiger partial charge in [0.2, 0.25) is 5.95 Å². The third-order valence-corrected chi connectivity index (χ3v) is 3.90. The number of hydrogen-bond acceptors (Lipinski definition) is 3. The number of aromatic nitrogens is 2. The lowest BCUT2D eigenvalue weighted by atomic mass is 10.1. The number of urea groups is 1. The minimum atomic E-state index is -0.293. The average Bonchev–Trinajstić information content (AvgIpc) is 3.01. The van der Waals surface area contributed by atoms with Gasteiger partial charge in [-0.1, -0.05) is 30.3 Å². The van der Waals surface area contributed by atoms with Gasteiger partial charge in [-0.2, -0.15) is 0 Å². The fraction of sp³-hybridized carbons (Fsp3) is 0.158. The number of ether oxygens (including phenoxy) is 1. The molecule has 0 spiro atoms.